The summed E-state index contributed by atoms with van der Waals surface area (Å²) in [5.74, 6) is -0.358. The molecule has 0 N–H and O–H groups in total. The van der Waals surface area contributed by atoms with Crippen LogP contribution in [0.3, 0.4) is 0 Å². The predicted octanol–water partition coefficient (Wildman–Crippen LogP) is 2.37. The second kappa shape index (κ2) is 6.33. The molecule has 2 aliphatic heterocycles. The zero-order valence-corrected chi connectivity index (χ0v) is 14.3. The Balaban J connectivity index is 1.41. The second-order valence-electron chi connectivity index (χ2n) is 6.62. The smallest absolute Gasteiger partial charge is 0.262 e. The lowest BCUT2D eigenvalue weighted by Crippen LogP contribution is -2.51. The monoisotopic (exact) mass is 335 g/mol. The molecule has 0 spiro atoms. The van der Waals surface area contributed by atoms with Crippen LogP contribution in [-0.4, -0.2) is 54.5 Å². The summed E-state index contributed by atoms with van der Waals surface area (Å²) in [5.41, 5.74) is 3.58. The van der Waals surface area contributed by atoms with Gasteiger partial charge in [-0.1, -0.05) is 30.3 Å². The van der Waals surface area contributed by atoms with Gasteiger partial charge in [-0.3, -0.25) is 19.4 Å². The van der Waals surface area contributed by atoms with Gasteiger partial charge in [0.1, 0.15) is 0 Å². The molecule has 5 heteroatoms. The largest absolute Gasteiger partial charge is 0.369 e. The van der Waals surface area contributed by atoms with Crippen molar-refractivity contribution in [1.82, 2.24) is 9.80 Å². The number of hydrogen-bond acceptors (Lipinski definition) is 4. The molecule has 2 aromatic carbocycles. The fourth-order valence-corrected chi connectivity index (χ4v) is 3.62. The highest BCUT2D eigenvalue weighted by Crippen LogP contribution is 2.24. The first kappa shape index (κ1) is 15.8. The Hall–Kier alpha value is -2.66. The third-order valence-electron chi connectivity index (χ3n) is 5.05. The van der Waals surface area contributed by atoms with Crippen LogP contribution in [0.25, 0.3) is 0 Å². The number of nitrogens with zero attached hydrogens (tertiary/aromatic N) is 3. The lowest BCUT2D eigenvalue weighted by atomic mass is 10.1. The first-order valence-electron chi connectivity index (χ1n) is 8.63. The fourth-order valence-electron chi connectivity index (χ4n) is 3.62. The maximum atomic E-state index is 12.5. The molecular formula is C20H21N3O2. The minimum Gasteiger partial charge on any atom is -0.369 e. The quantitative estimate of drug-likeness (QED) is 0.808. The van der Waals surface area contributed by atoms with Crippen LogP contribution in [0.15, 0.2) is 48.5 Å². The van der Waals surface area contributed by atoms with E-state index in [1.54, 1.807) is 24.3 Å². The van der Waals surface area contributed by atoms with Gasteiger partial charge in [-0.05, 0) is 30.7 Å². The Bertz CT molecular complexity index is 790. The van der Waals surface area contributed by atoms with Gasteiger partial charge in [-0.2, -0.15) is 0 Å². The van der Waals surface area contributed by atoms with Crippen LogP contribution < -0.4 is 4.90 Å². The molecule has 2 aromatic rings. The van der Waals surface area contributed by atoms with Crippen molar-refractivity contribution in [3.8, 4) is 0 Å². The van der Waals surface area contributed by atoms with E-state index in [4.69, 9.17) is 0 Å². The van der Waals surface area contributed by atoms with Gasteiger partial charge in [0.2, 0.25) is 0 Å². The molecule has 0 saturated carbocycles. The number of carbonyl (C=O) groups is 2. The first-order valence-corrected chi connectivity index (χ1v) is 8.63. The topological polar surface area (TPSA) is 43.9 Å². The van der Waals surface area contributed by atoms with Gasteiger partial charge in [0.25, 0.3) is 11.8 Å². The van der Waals surface area contributed by atoms with Crippen molar-refractivity contribution in [3.63, 3.8) is 0 Å². The number of rotatable bonds is 3. The van der Waals surface area contributed by atoms with Crippen LogP contribution in [0, 0.1) is 6.92 Å². The molecule has 0 unspecified atom stereocenters. The number of piperazine rings is 1. The maximum Gasteiger partial charge on any atom is 0.262 e. The molecule has 2 heterocycles. The molecule has 0 radical (unpaired) electrons. The molecule has 1 fully saturated rings. The van der Waals surface area contributed by atoms with E-state index >= 15 is 0 Å². The fraction of sp³-hybridized carbons (Fsp3) is 0.300. The summed E-state index contributed by atoms with van der Waals surface area (Å²) < 4.78 is 0. The molecular weight excluding hydrogens is 314 g/mol. The highest BCUT2D eigenvalue weighted by atomic mass is 16.2. The second-order valence-corrected chi connectivity index (χ2v) is 6.62. The van der Waals surface area contributed by atoms with Gasteiger partial charge in [0, 0.05) is 31.9 Å². The zero-order valence-electron chi connectivity index (χ0n) is 14.3. The van der Waals surface area contributed by atoms with Crippen LogP contribution in [0.5, 0.6) is 0 Å². The average molecular weight is 335 g/mol. The third kappa shape index (κ3) is 2.81. The Morgan fingerprint density at radius 2 is 1.36 bits per heavy atom. The molecule has 2 aliphatic rings. The van der Waals surface area contributed by atoms with Crippen molar-refractivity contribution in [2.45, 2.75) is 6.92 Å². The minimum atomic E-state index is -0.179. The highest BCUT2D eigenvalue weighted by molar-refractivity contribution is 6.21. The molecule has 0 atom stereocenters. The number of benzene rings is 2. The summed E-state index contributed by atoms with van der Waals surface area (Å²) in [6.07, 6.45) is 0. The number of amides is 2. The van der Waals surface area contributed by atoms with Gasteiger partial charge in [0.15, 0.2) is 0 Å². The molecule has 2 amide bonds. The van der Waals surface area contributed by atoms with Crippen LogP contribution >= 0.6 is 0 Å². The van der Waals surface area contributed by atoms with Crippen LogP contribution in [-0.2, 0) is 0 Å². The van der Waals surface area contributed by atoms with Crippen molar-refractivity contribution in [2.24, 2.45) is 0 Å². The number of anilines is 1. The van der Waals surface area contributed by atoms with Gasteiger partial charge in [-0.15, -0.1) is 0 Å². The lowest BCUT2D eigenvalue weighted by Gasteiger charge is -2.37. The number of aryl methyl sites for hydroxylation is 1. The SMILES string of the molecule is Cc1ccccc1N1CCN(CN2C(=O)c3ccccc3C2=O)CC1. The summed E-state index contributed by atoms with van der Waals surface area (Å²) in [6.45, 7) is 5.96. The third-order valence-corrected chi connectivity index (χ3v) is 5.05. The summed E-state index contributed by atoms with van der Waals surface area (Å²) >= 11 is 0. The van der Waals surface area contributed by atoms with Crippen molar-refractivity contribution in [1.29, 1.82) is 0 Å². The highest BCUT2D eigenvalue weighted by Gasteiger charge is 2.36. The number of carbonyl (C=O) groups excluding carboxylic acids is 2. The minimum absolute atomic E-state index is 0.179. The molecule has 1 saturated heterocycles. The van der Waals surface area contributed by atoms with Gasteiger partial charge >= 0.3 is 0 Å². The Labute approximate surface area is 147 Å². The van der Waals surface area contributed by atoms with Crippen LogP contribution in [0.4, 0.5) is 5.69 Å². The Morgan fingerprint density at radius 1 is 0.800 bits per heavy atom. The van der Waals surface area contributed by atoms with Crippen LogP contribution in [0.2, 0.25) is 0 Å². The average Bonchev–Trinajstić information content (AvgIpc) is 2.88. The van der Waals surface area contributed by atoms with Crippen molar-refractivity contribution >= 4 is 17.5 Å². The standard InChI is InChI=1S/C20H21N3O2/c1-15-6-2-5-9-18(15)22-12-10-21(11-13-22)14-23-19(24)16-7-3-4-8-17(16)20(23)25/h2-9H,10-14H2,1H3. The molecule has 0 aliphatic carbocycles. The van der Waals surface area contributed by atoms with E-state index in [9.17, 15) is 9.59 Å². The first-order chi connectivity index (χ1) is 12.1. The Kier molecular flexibility index (Phi) is 4.01. The van der Waals surface area contributed by atoms with Gasteiger partial charge in [-0.25, -0.2) is 0 Å². The molecule has 4 rings (SSSR count). The summed E-state index contributed by atoms with van der Waals surface area (Å²) in [7, 11) is 0. The van der Waals surface area contributed by atoms with E-state index in [1.165, 1.54) is 16.2 Å². The van der Waals surface area contributed by atoms with E-state index in [0.29, 0.717) is 17.8 Å². The molecule has 25 heavy (non-hydrogen) atoms. The zero-order chi connectivity index (χ0) is 17.4. The molecule has 0 bridgehead atoms. The Morgan fingerprint density at radius 3 is 1.96 bits per heavy atom. The van der Waals surface area contributed by atoms with E-state index < -0.39 is 0 Å². The maximum absolute atomic E-state index is 12.5. The van der Waals surface area contributed by atoms with E-state index in [0.717, 1.165) is 26.2 Å². The van der Waals surface area contributed by atoms with Crippen LogP contribution in [0.1, 0.15) is 26.3 Å². The van der Waals surface area contributed by atoms with Gasteiger partial charge in [0.05, 0.1) is 17.8 Å². The number of imide groups is 1. The summed E-state index contributed by atoms with van der Waals surface area (Å²) in [6, 6.07) is 15.4. The number of para-hydroxylation sites is 1. The molecule has 0 aromatic heterocycles. The summed E-state index contributed by atoms with van der Waals surface area (Å²) in [4.78, 5) is 30.9. The lowest BCUT2D eigenvalue weighted by molar-refractivity contribution is 0.0535. The predicted molar refractivity (Wildman–Crippen MR) is 96.8 cm³/mol. The van der Waals surface area contributed by atoms with Crippen molar-refractivity contribution in [3.05, 3.63) is 65.2 Å². The van der Waals surface area contributed by atoms with Gasteiger partial charge < -0.3 is 4.90 Å². The molecule has 128 valence electrons. The van der Waals surface area contributed by atoms with E-state index in [-0.39, 0.29) is 11.8 Å². The van der Waals surface area contributed by atoms with E-state index in [2.05, 4.69) is 41.0 Å². The molecule has 5 nitrogen and oxygen atoms in total. The van der Waals surface area contributed by atoms with Crippen molar-refractivity contribution < 1.29 is 9.59 Å². The summed E-state index contributed by atoms with van der Waals surface area (Å²) in [5, 5.41) is 0. The number of fused-ring (bicyclic) bond motifs is 1. The van der Waals surface area contributed by atoms with Crippen molar-refractivity contribution in [2.75, 3.05) is 37.7 Å². The van der Waals surface area contributed by atoms with E-state index in [1.807, 2.05) is 0 Å². The number of hydrogen-bond donors (Lipinski definition) is 0. The normalized spacial score (nSPS) is 18.0.